The highest BCUT2D eigenvalue weighted by Crippen LogP contribution is 2.21. The Morgan fingerprint density at radius 3 is 2.63 bits per heavy atom. The number of carbonyl (C=O) groups excluding carboxylic acids is 1. The molecule has 0 radical (unpaired) electrons. The van der Waals surface area contributed by atoms with Crippen molar-refractivity contribution in [2.75, 3.05) is 18.5 Å². The molecule has 1 aromatic rings. The fourth-order valence-electron chi connectivity index (χ4n) is 1.53. The van der Waals surface area contributed by atoms with Crippen LogP contribution in [0.3, 0.4) is 0 Å². The number of amides is 2. The van der Waals surface area contributed by atoms with Crippen molar-refractivity contribution in [1.82, 2.24) is 5.32 Å². The number of aliphatic hydroxyl groups is 1. The van der Waals surface area contributed by atoms with E-state index in [9.17, 15) is 4.79 Å². The van der Waals surface area contributed by atoms with Gasteiger partial charge in [0, 0.05) is 5.69 Å². The molecule has 0 atom stereocenters. The first-order chi connectivity index (χ1) is 8.88. The Hall–Kier alpha value is -1.75. The van der Waals surface area contributed by atoms with Crippen LogP contribution in [0.25, 0.3) is 0 Å². The van der Waals surface area contributed by atoms with Gasteiger partial charge in [-0.05, 0) is 51.5 Å². The number of carbonyl (C=O) groups is 1. The van der Waals surface area contributed by atoms with Gasteiger partial charge in [0.25, 0.3) is 0 Å². The van der Waals surface area contributed by atoms with Gasteiger partial charge in [-0.2, -0.15) is 0 Å². The third kappa shape index (κ3) is 4.79. The van der Waals surface area contributed by atoms with E-state index in [4.69, 9.17) is 9.84 Å². The van der Waals surface area contributed by atoms with Crippen LogP contribution < -0.4 is 15.4 Å². The molecule has 1 rings (SSSR count). The van der Waals surface area contributed by atoms with Crippen molar-refractivity contribution in [2.45, 2.75) is 33.2 Å². The normalized spacial score (nSPS) is 11.0. The summed E-state index contributed by atoms with van der Waals surface area (Å²) in [6.07, 6.45) is 0. The molecular weight excluding hydrogens is 244 g/mol. The molecule has 1 aromatic carbocycles. The van der Waals surface area contributed by atoms with Crippen molar-refractivity contribution in [1.29, 1.82) is 0 Å². The van der Waals surface area contributed by atoms with Gasteiger partial charge in [0.05, 0.1) is 18.8 Å². The molecule has 0 saturated carbocycles. The SMILES string of the molecule is CCOc1ccc(NC(=O)NC(C)(C)CO)c(C)c1. The summed E-state index contributed by atoms with van der Waals surface area (Å²) in [4.78, 5) is 11.8. The predicted molar refractivity (Wildman–Crippen MR) is 75.7 cm³/mol. The quantitative estimate of drug-likeness (QED) is 0.765. The minimum absolute atomic E-state index is 0.122. The molecule has 0 bridgehead atoms. The zero-order chi connectivity index (χ0) is 14.5. The first-order valence-corrected chi connectivity index (χ1v) is 6.31. The first kappa shape index (κ1) is 15.3. The van der Waals surface area contributed by atoms with E-state index in [0.29, 0.717) is 6.61 Å². The predicted octanol–water partition coefficient (Wildman–Crippen LogP) is 2.29. The third-order valence-corrected chi connectivity index (χ3v) is 2.60. The monoisotopic (exact) mass is 266 g/mol. The van der Waals surface area contributed by atoms with Gasteiger partial charge in [-0.1, -0.05) is 0 Å². The second-order valence-electron chi connectivity index (χ2n) is 5.03. The zero-order valence-electron chi connectivity index (χ0n) is 11.9. The molecule has 19 heavy (non-hydrogen) atoms. The van der Waals surface area contributed by atoms with Gasteiger partial charge in [-0.15, -0.1) is 0 Å². The summed E-state index contributed by atoms with van der Waals surface area (Å²) in [5.41, 5.74) is 0.987. The van der Waals surface area contributed by atoms with E-state index in [1.165, 1.54) is 0 Å². The van der Waals surface area contributed by atoms with Crippen LogP contribution in [0.1, 0.15) is 26.3 Å². The molecule has 0 saturated heterocycles. The van der Waals surface area contributed by atoms with Crippen LogP contribution in [-0.2, 0) is 0 Å². The van der Waals surface area contributed by atoms with Crippen LogP contribution in [0.2, 0.25) is 0 Å². The van der Waals surface area contributed by atoms with Crippen LogP contribution in [-0.4, -0.2) is 29.9 Å². The lowest BCUT2D eigenvalue weighted by atomic mass is 10.1. The number of urea groups is 1. The number of ether oxygens (including phenoxy) is 1. The summed E-state index contributed by atoms with van der Waals surface area (Å²) in [5.74, 6) is 0.779. The van der Waals surface area contributed by atoms with Crippen molar-refractivity contribution in [2.24, 2.45) is 0 Å². The Kier molecular flexibility index (Phi) is 5.18. The minimum Gasteiger partial charge on any atom is -0.494 e. The molecule has 0 fully saturated rings. The number of hydrogen-bond acceptors (Lipinski definition) is 3. The lowest BCUT2D eigenvalue weighted by molar-refractivity contribution is 0.187. The van der Waals surface area contributed by atoms with E-state index < -0.39 is 5.54 Å². The molecule has 0 spiro atoms. The third-order valence-electron chi connectivity index (χ3n) is 2.60. The maximum absolute atomic E-state index is 11.8. The lowest BCUT2D eigenvalue weighted by Gasteiger charge is -2.23. The number of aryl methyl sites for hydroxylation is 1. The Morgan fingerprint density at radius 1 is 1.42 bits per heavy atom. The fourth-order valence-corrected chi connectivity index (χ4v) is 1.53. The van der Waals surface area contributed by atoms with Crippen LogP contribution >= 0.6 is 0 Å². The average Bonchev–Trinajstić information content (AvgIpc) is 2.32. The zero-order valence-corrected chi connectivity index (χ0v) is 11.9. The second kappa shape index (κ2) is 6.43. The molecule has 2 amide bonds. The minimum atomic E-state index is -0.650. The average molecular weight is 266 g/mol. The summed E-state index contributed by atoms with van der Waals surface area (Å²) in [5, 5.41) is 14.5. The topological polar surface area (TPSA) is 70.6 Å². The molecule has 0 aliphatic rings. The molecule has 0 heterocycles. The van der Waals surface area contributed by atoms with Crippen molar-refractivity contribution in [3.8, 4) is 5.75 Å². The van der Waals surface area contributed by atoms with Gasteiger partial charge in [-0.25, -0.2) is 4.79 Å². The Balaban J connectivity index is 2.69. The standard InChI is InChI=1S/C14H22N2O3/c1-5-19-11-6-7-12(10(2)8-11)15-13(18)16-14(3,4)9-17/h6-8,17H,5,9H2,1-4H3,(H2,15,16,18). The Bertz CT molecular complexity index is 444. The Labute approximate surface area is 114 Å². The highest BCUT2D eigenvalue weighted by atomic mass is 16.5. The summed E-state index contributed by atoms with van der Waals surface area (Å²) in [6.45, 7) is 7.80. The molecule has 5 nitrogen and oxygen atoms in total. The molecule has 0 aliphatic heterocycles. The molecule has 3 N–H and O–H groups in total. The number of rotatable bonds is 5. The summed E-state index contributed by atoms with van der Waals surface area (Å²) < 4.78 is 5.38. The highest BCUT2D eigenvalue weighted by Gasteiger charge is 2.19. The maximum atomic E-state index is 11.8. The van der Waals surface area contributed by atoms with E-state index in [0.717, 1.165) is 17.0 Å². The van der Waals surface area contributed by atoms with Crippen molar-refractivity contribution in [3.05, 3.63) is 23.8 Å². The highest BCUT2D eigenvalue weighted by molar-refractivity contribution is 5.90. The smallest absolute Gasteiger partial charge is 0.319 e. The van der Waals surface area contributed by atoms with E-state index in [1.54, 1.807) is 19.9 Å². The van der Waals surface area contributed by atoms with Gasteiger partial charge in [-0.3, -0.25) is 0 Å². The van der Waals surface area contributed by atoms with Gasteiger partial charge in [0.15, 0.2) is 0 Å². The van der Waals surface area contributed by atoms with Crippen LogP contribution in [0.15, 0.2) is 18.2 Å². The molecule has 5 heteroatoms. The van der Waals surface area contributed by atoms with E-state index >= 15 is 0 Å². The van der Waals surface area contributed by atoms with E-state index in [1.807, 2.05) is 26.0 Å². The van der Waals surface area contributed by atoms with Crippen LogP contribution in [0.5, 0.6) is 5.75 Å². The van der Waals surface area contributed by atoms with Crippen LogP contribution in [0, 0.1) is 6.92 Å². The summed E-state index contributed by atoms with van der Waals surface area (Å²) in [7, 11) is 0. The number of benzene rings is 1. The van der Waals surface area contributed by atoms with Gasteiger partial charge in [0.1, 0.15) is 5.75 Å². The van der Waals surface area contributed by atoms with Gasteiger partial charge >= 0.3 is 6.03 Å². The fraction of sp³-hybridized carbons (Fsp3) is 0.500. The maximum Gasteiger partial charge on any atom is 0.319 e. The van der Waals surface area contributed by atoms with Crippen molar-refractivity contribution >= 4 is 11.7 Å². The first-order valence-electron chi connectivity index (χ1n) is 6.31. The summed E-state index contributed by atoms with van der Waals surface area (Å²) in [6, 6.07) is 5.14. The largest absolute Gasteiger partial charge is 0.494 e. The van der Waals surface area contributed by atoms with Crippen molar-refractivity contribution in [3.63, 3.8) is 0 Å². The number of nitrogens with one attached hydrogen (secondary N) is 2. The molecular formula is C14H22N2O3. The molecule has 0 aliphatic carbocycles. The van der Waals surface area contributed by atoms with Gasteiger partial charge in [0.2, 0.25) is 0 Å². The van der Waals surface area contributed by atoms with Gasteiger partial charge < -0.3 is 20.5 Å². The van der Waals surface area contributed by atoms with Crippen molar-refractivity contribution < 1.29 is 14.6 Å². The molecule has 0 aromatic heterocycles. The lowest BCUT2D eigenvalue weighted by Crippen LogP contribution is -2.48. The van der Waals surface area contributed by atoms with E-state index in [2.05, 4.69) is 10.6 Å². The van der Waals surface area contributed by atoms with Crippen LogP contribution in [0.4, 0.5) is 10.5 Å². The molecule has 0 unspecified atom stereocenters. The Morgan fingerprint density at radius 2 is 2.11 bits per heavy atom. The number of hydrogen-bond donors (Lipinski definition) is 3. The number of anilines is 1. The number of aliphatic hydroxyl groups excluding tert-OH is 1. The van der Waals surface area contributed by atoms with E-state index in [-0.39, 0.29) is 12.6 Å². The summed E-state index contributed by atoms with van der Waals surface area (Å²) >= 11 is 0. The molecule has 106 valence electrons. The second-order valence-corrected chi connectivity index (χ2v) is 5.03.